The van der Waals surface area contributed by atoms with Crippen LogP contribution in [0.2, 0.25) is 0 Å². The van der Waals surface area contributed by atoms with Crippen molar-refractivity contribution in [2.45, 2.75) is 18.9 Å². The Morgan fingerprint density at radius 1 is 1.42 bits per heavy atom. The van der Waals surface area contributed by atoms with E-state index in [-0.39, 0.29) is 11.7 Å². The van der Waals surface area contributed by atoms with Gasteiger partial charge >= 0.3 is 5.97 Å². The van der Waals surface area contributed by atoms with E-state index in [2.05, 4.69) is 0 Å². The lowest BCUT2D eigenvalue weighted by Crippen LogP contribution is -2.25. The van der Waals surface area contributed by atoms with Crippen LogP contribution in [0, 0.1) is 10.1 Å². The average Bonchev–Trinajstić information content (AvgIpc) is 2.39. The molecule has 2 rings (SSSR count). The maximum atomic E-state index is 11.0. The Labute approximate surface area is 108 Å². The molecule has 1 aromatic rings. The Hall–Kier alpha value is -2.15. The molecule has 0 unspecified atom stereocenters. The molecule has 7 nitrogen and oxygen atoms in total. The van der Waals surface area contributed by atoms with Crippen molar-refractivity contribution in [1.29, 1.82) is 0 Å². The van der Waals surface area contributed by atoms with E-state index in [9.17, 15) is 14.9 Å². The van der Waals surface area contributed by atoms with E-state index in [4.69, 9.17) is 14.6 Å². The molecule has 0 atom stereocenters. The van der Waals surface area contributed by atoms with Crippen LogP contribution in [0.15, 0.2) is 18.2 Å². The zero-order chi connectivity index (χ0) is 13.8. The minimum Gasteiger partial charge on any atom is -0.490 e. The first-order valence-corrected chi connectivity index (χ1v) is 5.84. The molecule has 0 aromatic heterocycles. The van der Waals surface area contributed by atoms with E-state index < -0.39 is 16.6 Å². The zero-order valence-corrected chi connectivity index (χ0v) is 10.1. The van der Waals surface area contributed by atoms with Crippen LogP contribution in [0.25, 0.3) is 0 Å². The number of benzene rings is 1. The molecule has 7 heteroatoms. The van der Waals surface area contributed by atoms with E-state index >= 15 is 0 Å². The van der Waals surface area contributed by atoms with Crippen molar-refractivity contribution in [3.63, 3.8) is 0 Å². The van der Waals surface area contributed by atoms with Gasteiger partial charge < -0.3 is 14.6 Å². The molecule has 102 valence electrons. The van der Waals surface area contributed by atoms with Gasteiger partial charge in [-0.3, -0.25) is 10.1 Å². The smallest absolute Gasteiger partial charge is 0.342 e. The first-order chi connectivity index (χ1) is 9.08. The number of rotatable bonds is 4. The van der Waals surface area contributed by atoms with Crippen molar-refractivity contribution in [1.82, 2.24) is 0 Å². The number of carboxylic acids is 1. The quantitative estimate of drug-likeness (QED) is 0.660. The van der Waals surface area contributed by atoms with Gasteiger partial charge in [0.1, 0.15) is 17.4 Å². The highest BCUT2D eigenvalue weighted by Crippen LogP contribution is 2.26. The van der Waals surface area contributed by atoms with E-state index in [0.717, 1.165) is 18.9 Å². The molecular weight excluding hydrogens is 254 g/mol. The Kier molecular flexibility index (Phi) is 3.96. The van der Waals surface area contributed by atoms with Crippen molar-refractivity contribution in [3.05, 3.63) is 33.9 Å². The molecule has 0 bridgehead atoms. The van der Waals surface area contributed by atoms with Gasteiger partial charge in [0.25, 0.3) is 5.69 Å². The Morgan fingerprint density at radius 2 is 2.11 bits per heavy atom. The Balaban J connectivity index is 2.20. The van der Waals surface area contributed by atoms with E-state index in [1.807, 2.05) is 0 Å². The molecule has 1 heterocycles. The molecule has 1 fully saturated rings. The number of nitrogens with zero attached hydrogens (tertiary/aromatic N) is 1. The fourth-order valence-electron chi connectivity index (χ4n) is 1.91. The number of carbonyl (C=O) groups is 1. The molecule has 1 aromatic carbocycles. The number of ether oxygens (including phenoxy) is 2. The second-order valence-electron chi connectivity index (χ2n) is 4.17. The van der Waals surface area contributed by atoms with Gasteiger partial charge in [0.2, 0.25) is 0 Å². The largest absolute Gasteiger partial charge is 0.490 e. The third-order valence-electron chi connectivity index (χ3n) is 2.87. The summed E-state index contributed by atoms with van der Waals surface area (Å²) in [4.78, 5) is 21.0. The summed E-state index contributed by atoms with van der Waals surface area (Å²) >= 11 is 0. The van der Waals surface area contributed by atoms with Crippen LogP contribution >= 0.6 is 0 Å². The summed E-state index contributed by atoms with van der Waals surface area (Å²) in [5, 5.41) is 19.7. The van der Waals surface area contributed by atoms with Crippen molar-refractivity contribution in [3.8, 4) is 5.75 Å². The standard InChI is InChI=1S/C12H13NO6/c14-12(15)10-7-9(1-2-11(10)13(16)17)19-8-3-5-18-6-4-8/h1-2,7-8H,3-6H2,(H,14,15). The van der Waals surface area contributed by atoms with Crippen molar-refractivity contribution in [2.75, 3.05) is 13.2 Å². The second-order valence-corrected chi connectivity index (χ2v) is 4.17. The first-order valence-electron chi connectivity index (χ1n) is 5.84. The summed E-state index contributed by atoms with van der Waals surface area (Å²) in [7, 11) is 0. The maximum Gasteiger partial charge on any atom is 0.342 e. The summed E-state index contributed by atoms with van der Waals surface area (Å²) < 4.78 is 10.8. The highest BCUT2D eigenvalue weighted by atomic mass is 16.6. The molecule has 0 radical (unpaired) electrons. The van der Waals surface area contributed by atoms with Crippen LogP contribution in [0.5, 0.6) is 5.75 Å². The van der Waals surface area contributed by atoms with Gasteiger partial charge in [-0.1, -0.05) is 0 Å². The Morgan fingerprint density at radius 3 is 2.68 bits per heavy atom. The molecule has 0 amide bonds. The minimum atomic E-state index is -1.34. The fourth-order valence-corrected chi connectivity index (χ4v) is 1.91. The molecule has 0 saturated carbocycles. The van der Waals surface area contributed by atoms with Gasteiger partial charge in [-0.15, -0.1) is 0 Å². The number of carboxylic acid groups (broad SMARTS) is 1. The molecule has 1 N–H and O–H groups in total. The Bertz CT molecular complexity index is 495. The topological polar surface area (TPSA) is 98.9 Å². The first kappa shape index (κ1) is 13.3. The molecule has 0 spiro atoms. The SMILES string of the molecule is O=C(O)c1cc(OC2CCOCC2)ccc1[N+](=O)[O-]. The number of hydrogen-bond acceptors (Lipinski definition) is 5. The normalized spacial score (nSPS) is 16.0. The summed E-state index contributed by atoms with van der Waals surface area (Å²) in [6.07, 6.45) is 1.40. The van der Waals surface area contributed by atoms with Crippen LogP contribution in [0.1, 0.15) is 23.2 Å². The predicted octanol–water partition coefficient (Wildman–Crippen LogP) is 1.85. The highest BCUT2D eigenvalue weighted by molar-refractivity contribution is 5.92. The van der Waals surface area contributed by atoms with Gasteiger partial charge in [-0.25, -0.2) is 4.79 Å². The minimum absolute atomic E-state index is 0.0446. The summed E-state index contributed by atoms with van der Waals surface area (Å²) in [5.74, 6) is -1.01. The van der Waals surface area contributed by atoms with E-state index in [0.29, 0.717) is 19.0 Å². The van der Waals surface area contributed by atoms with Crippen LogP contribution in [-0.4, -0.2) is 35.3 Å². The van der Waals surface area contributed by atoms with Gasteiger partial charge in [0, 0.05) is 25.0 Å². The second kappa shape index (κ2) is 5.66. The van der Waals surface area contributed by atoms with Crippen molar-refractivity contribution < 1.29 is 24.3 Å². The fraction of sp³-hybridized carbons (Fsp3) is 0.417. The number of aromatic carboxylic acids is 1. The van der Waals surface area contributed by atoms with Crippen LogP contribution in [0.3, 0.4) is 0 Å². The number of nitro groups is 1. The van der Waals surface area contributed by atoms with Gasteiger partial charge in [-0.2, -0.15) is 0 Å². The molecule has 1 saturated heterocycles. The molecular formula is C12H13NO6. The van der Waals surface area contributed by atoms with Crippen molar-refractivity contribution >= 4 is 11.7 Å². The van der Waals surface area contributed by atoms with Crippen LogP contribution < -0.4 is 4.74 Å². The van der Waals surface area contributed by atoms with E-state index in [1.54, 1.807) is 0 Å². The third kappa shape index (κ3) is 3.19. The van der Waals surface area contributed by atoms with Gasteiger partial charge in [-0.05, 0) is 6.07 Å². The summed E-state index contributed by atoms with van der Waals surface area (Å²) in [6, 6.07) is 3.76. The van der Waals surface area contributed by atoms with E-state index in [1.165, 1.54) is 12.1 Å². The third-order valence-corrected chi connectivity index (χ3v) is 2.87. The van der Waals surface area contributed by atoms with Crippen molar-refractivity contribution in [2.24, 2.45) is 0 Å². The highest BCUT2D eigenvalue weighted by Gasteiger charge is 2.22. The maximum absolute atomic E-state index is 11.0. The van der Waals surface area contributed by atoms with Crippen LogP contribution in [-0.2, 0) is 4.74 Å². The summed E-state index contributed by atoms with van der Waals surface area (Å²) in [5.41, 5.74) is -0.804. The lowest BCUT2D eigenvalue weighted by atomic mass is 10.1. The predicted molar refractivity (Wildman–Crippen MR) is 64.5 cm³/mol. The number of nitro benzene ring substituents is 1. The molecule has 0 aliphatic carbocycles. The zero-order valence-electron chi connectivity index (χ0n) is 10.1. The number of hydrogen-bond donors (Lipinski definition) is 1. The average molecular weight is 267 g/mol. The lowest BCUT2D eigenvalue weighted by molar-refractivity contribution is -0.385. The van der Waals surface area contributed by atoms with Gasteiger partial charge in [0.15, 0.2) is 0 Å². The summed E-state index contributed by atoms with van der Waals surface area (Å²) in [6.45, 7) is 1.20. The molecule has 19 heavy (non-hydrogen) atoms. The monoisotopic (exact) mass is 267 g/mol. The lowest BCUT2D eigenvalue weighted by Gasteiger charge is -2.23. The van der Waals surface area contributed by atoms with Gasteiger partial charge in [0.05, 0.1) is 18.1 Å². The molecule has 1 aliphatic heterocycles. The van der Waals surface area contributed by atoms with Crippen LogP contribution in [0.4, 0.5) is 5.69 Å². The molecule has 1 aliphatic rings.